The number of nitrogens with zero attached hydrogens (tertiary/aromatic N) is 3. The molecule has 26 heavy (non-hydrogen) atoms. The lowest BCUT2D eigenvalue weighted by atomic mass is 10.1. The number of unbranched alkanes of at least 4 members (excludes halogenated alkanes) is 1. The van der Waals surface area contributed by atoms with E-state index in [1.807, 2.05) is 11.1 Å². The highest BCUT2D eigenvalue weighted by Gasteiger charge is 2.18. The van der Waals surface area contributed by atoms with Crippen molar-refractivity contribution < 1.29 is 9.18 Å². The molecule has 0 N–H and O–H groups in total. The number of piperidine rings is 1. The van der Waals surface area contributed by atoms with Crippen LogP contribution in [0.15, 0.2) is 35.6 Å². The average molecular weight is 376 g/mol. The molecule has 0 bridgehead atoms. The van der Waals surface area contributed by atoms with Gasteiger partial charge in [0.25, 0.3) is 0 Å². The van der Waals surface area contributed by atoms with Crippen molar-refractivity contribution >= 4 is 17.7 Å². The van der Waals surface area contributed by atoms with Crippen molar-refractivity contribution in [2.45, 2.75) is 50.7 Å². The zero-order valence-electron chi connectivity index (χ0n) is 15.3. The summed E-state index contributed by atoms with van der Waals surface area (Å²) in [5.41, 5.74) is 1.93. The summed E-state index contributed by atoms with van der Waals surface area (Å²) in [5.74, 6) is 0.379. The molecule has 3 rings (SSSR count). The molecular weight excluding hydrogens is 349 g/mol. The quantitative estimate of drug-likeness (QED) is 0.664. The SMILES string of the molecule is CCCCn1c(-c2ccc(F)cc2)cnc1SCC(=O)N1CCCCC1. The van der Waals surface area contributed by atoms with Gasteiger partial charge in [-0.3, -0.25) is 4.79 Å². The summed E-state index contributed by atoms with van der Waals surface area (Å²) in [7, 11) is 0. The summed E-state index contributed by atoms with van der Waals surface area (Å²) >= 11 is 1.50. The van der Waals surface area contributed by atoms with Gasteiger partial charge in [-0.25, -0.2) is 9.37 Å². The molecule has 1 aliphatic rings. The van der Waals surface area contributed by atoms with Crippen molar-refractivity contribution in [3.8, 4) is 11.3 Å². The first-order valence-electron chi connectivity index (χ1n) is 9.41. The van der Waals surface area contributed by atoms with Gasteiger partial charge < -0.3 is 9.47 Å². The number of carbonyl (C=O) groups excluding carboxylic acids is 1. The molecule has 2 aromatic rings. The predicted octanol–water partition coefficient (Wildman–Crippen LogP) is 4.59. The Morgan fingerprint density at radius 2 is 1.92 bits per heavy atom. The summed E-state index contributed by atoms with van der Waals surface area (Å²) in [6, 6.07) is 6.50. The van der Waals surface area contributed by atoms with Gasteiger partial charge in [-0.1, -0.05) is 25.1 Å². The minimum absolute atomic E-state index is 0.197. The van der Waals surface area contributed by atoms with Crippen LogP contribution in [0.5, 0.6) is 0 Å². The van der Waals surface area contributed by atoms with Crippen LogP contribution in [-0.4, -0.2) is 39.2 Å². The summed E-state index contributed by atoms with van der Waals surface area (Å²) < 4.78 is 15.4. The molecule has 1 aromatic heterocycles. The zero-order chi connectivity index (χ0) is 18.4. The number of carbonyl (C=O) groups is 1. The number of amides is 1. The maximum atomic E-state index is 13.2. The molecule has 0 unspecified atom stereocenters. The van der Waals surface area contributed by atoms with Crippen LogP contribution >= 0.6 is 11.8 Å². The first-order chi connectivity index (χ1) is 12.7. The summed E-state index contributed by atoms with van der Waals surface area (Å²) in [6.07, 6.45) is 7.39. The average Bonchev–Trinajstić information content (AvgIpc) is 3.08. The molecule has 0 atom stereocenters. The third-order valence-electron chi connectivity index (χ3n) is 4.73. The van der Waals surface area contributed by atoms with E-state index in [4.69, 9.17) is 0 Å². The Morgan fingerprint density at radius 1 is 1.19 bits per heavy atom. The molecule has 140 valence electrons. The van der Waals surface area contributed by atoms with Crippen molar-refractivity contribution in [2.75, 3.05) is 18.8 Å². The number of hydrogen-bond acceptors (Lipinski definition) is 3. The van der Waals surface area contributed by atoms with E-state index in [1.165, 1.54) is 30.3 Å². The maximum absolute atomic E-state index is 13.2. The van der Waals surface area contributed by atoms with Crippen molar-refractivity contribution in [2.24, 2.45) is 0 Å². The van der Waals surface area contributed by atoms with Crippen LogP contribution in [0.2, 0.25) is 0 Å². The number of halogens is 1. The molecule has 1 fully saturated rings. The van der Waals surface area contributed by atoms with Crippen LogP contribution < -0.4 is 0 Å². The van der Waals surface area contributed by atoms with Crippen LogP contribution in [0, 0.1) is 5.82 Å². The van der Waals surface area contributed by atoms with E-state index < -0.39 is 0 Å². The second-order valence-corrected chi connectivity index (χ2v) is 7.61. The van der Waals surface area contributed by atoms with Gasteiger partial charge in [-0.15, -0.1) is 0 Å². The fourth-order valence-electron chi connectivity index (χ4n) is 3.22. The second kappa shape index (κ2) is 9.21. The smallest absolute Gasteiger partial charge is 0.233 e. The summed E-state index contributed by atoms with van der Waals surface area (Å²) in [6.45, 7) is 4.76. The molecule has 1 saturated heterocycles. The fourth-order valence-corrected chi connectivity index (χ4v) is 4.13. The minimum atomic E-state index is -0.241. The van der Waals surface area contributed by atoms with Crippen LogP contribution in [0.25, 0.3) is 11.3 Å². The van der Waals surface area contributed by atoms with Gasteiger partial charge in [-0.2, -0.15) is 0 Å². The molecule has 0 aliphatic carbocycles. The number of aromatic nitrogens is 2. The second-order valence-electron chi connectivity index (χ2n) is 6.67. The van der Waals surface area contributed by atoms with E-state index in [2.05, 4.69) is 16.5 Å². The molecule has 0 saturated carbocycles. The molecule has 1 aliphatic heterocycles. The van der Waals surface area contributed by atoms with Gasteiger partial charge in [0.15, 0.2) is 5.16 Å². The third-order valence-corrected chi connectivity index (χ3v) is 5.70. The van der Waals surface area contributed by atoms with Crippen LogP contribution in [-0.2, 0) is 11.3 Å². The normalized spacial score (nSPS) is 14.6. The lowest BCUT2D eigenvalue weighted by Gasteiger charge is -2.26. The molecular formula is C20H26FN3OS. The Morgan fingerprint density at radius 3 is 2.62 bits per heavy atom. The molecule has 0 radical (unpaired) electrons. The highest BCUT2D eigenvalue weighted by Crippen LogP contribution is 2.27. The van der Waals surface area contributed by atoms with E-state index in [1.54, 1.807) is 12.1 Å². The molecule has 2 heterocycles. The van der Waals surface area contributed by atoms with Crippen molar-refractivity contribution in [3.05, 3.63) is 36.3 Å². The third kappa shape index (κ3) is 4.67. The lowest BCUT2D eigenvalue weighted by Crippen LogP contribution is -2.36. The Kier molecular flexibility index (Phi) is 6.72. The van der Waals surface area contributed by atoms with Gasteiger partial charge in [-0.05, 0) is 55.5 Å². The summed E-state index contributed by atoms with van der Waals surface area (Å²) in [4.78, 5) is 19.0. The summed E-state index contributed by atoms with van der Waals surface area (Å²) in [5, 5.41) is 0.864. The van der Waals surface area contributed by atoms with Crippen LogP contribution in [0.4, 0.5) is 4.39 Å². The fraction of sp³-hybridized carbons (Fsp3) is 0.500. The molecule has 1 aromatic carbocycles. The number of imidazole rings is 1. The highest BCUT2D eigenvalue weighted by molar-refractivity contribution is 7.99. The topological polar surface area (TPSA) is 38.1 Å². The zero-order valence-corrected chi connectivity index (χ0v) is 16.1. The van der Waals surface area contributed by atoms with E-state index in [-0.39, 0.29) is 11.7 Å². The Bertz CT molecular complexity index is 723. The number of benzene rings is 1. The van der Waals surface area contributed by atoms with E-state index in [0.717, 1.165) is 61.7 Å². The Hall–Kier alpha value is -1.82. The number of rotatable bonds is 7. The number of likely N-dealkylation sites (tertiary alicyclic amines) is 1. The van der Waals surface area contributed by atoms with Gasteiger partial charge in [0.1, 0.15) is 5.82 Å². The number of hydrogen-bond donors (Lipinski definition) is 0. The van der Waals surface area contributed by atoms with Crippen molar-refractivity contribution in [1.29, 1.82) is 0 Å². The Labute approximate surface area is 158 Å². The van der Waals surface area contributed by atoms with Gasteiger partial charge in [0.05, 0.1) is 17.6 Å². The van der Waals surface area contributed by atoms with Crippen molar-refractivity contribution in [1.82, 2.24) is 14.5 Å². The standard InChI is InChI=1S/C20H26FN3OS/c1-2-3-13-24-18(16-7-9-17(21)10-8-16)14-22-20(24)26-15-19(25)23-11-5-4-6-12-23/h7-10,14H,2-6,11-13,15H2,1H3. The lowest BCUT2D eigenvalue weighted by molar-refractivity contribution is -0.129. The van der Waals surface area contributed by atoms with Crippen LogP contribution in [0.3, 0.4) is 0 Å². The molecule has 6 heteroatoms. The van der Waals surface area contributed by atoms with Crippen LogP contribution in [0.1, 0.15) is 39.0 Å². The van der Waals surface area contributed by atoms with Crippen molar-refractivity contribution in [3.63, 3.8) is 0 Å². The highest BCUT2D eigenvalue weighted by atomic mass is 32.2. The molecule has 1 amide bonds. The largest absolute Gasteiger partial charge is 0.342 e. The maximum Gasteiger partial charge on any atom is 0.233 e. The predicted molar refractivity (Wildman–Crippen MR) is 104 cm³/mol. The molecule has 0 spiro atoms. The van der Waals surface area contributed by atoms with E-state index in [0.29, 0.717) is 5.75 Å². The van der Waals surface area contributed by atoms with E-state index in [9.17, 15) is 9.18 Å². The first kappa shape index (κ1) is 19.0. The van der Waals surface area contributed by atoms with Gasteiger partial charge in [0.2, 0.25) is 5.91 Å². The number of thioether (sulfide) groups is 1. The monoisotopic (exact) mass is 375 g/mol. The first-order valence-corrected chi connectivity index (χ1v) is 10.4. The van der Waals surface area contributed by atoms with Gasteiger partial charge >= 0.3 is 0 Å². The minimum Gasteiger partial charge on any atom is -0.342 e. The van der Waals surface area contributed by atoms with Gasteiger partial charge in [0, 0.05) is 19.6 Å². The molecule has 4 nitrogen and oxygen atoms in total. The Balaban J connectivity index is 1.73. The van der Waals surface area contributed by atoms with E-state index >= 15 is 0 Å².